The summed E-state index contributed by atoms with van der Waals surface area (Å²) in [4.78, 5) is 23.9. The normalized spacial score (nSPS) is 23.2. The second-order valence-corrected chi connectivity index (χ2v) is 7.73. The number of hydrazine groups is 1. The molecule has 0 saturated carbocycles. The Morgan fingerprint density at radius 3 is 2.68 bits per heavy atom. The van der Waals surface area contributed by atoms with Crippen molar-refractivity contribution in [1.82, 2.24) is 10.7 Å². The van der Waals surface area contributed by atoms with E-state index in [1.54, 1.807) is 12.1 Å². The number of rotatable bonds is 7. The summed E-state index contributed by atoms with van der Waals surface area (Å²) >= 11 is 6.01. The molecule has 0 aliphatic carbocycles. The van der Waals surface area contributed by atoms with Crippen LogP contribution in [0.3, 0.4) is 0 Å². The van der Waals surface area contributed by atoms with Gasteiger partial charge in [0.05, 0.1) is 11.6 Å². The van der Waals surface area contributed by atoms with Crippen LogP contribution in [-0.4, -0.2) is 24.2 Å². The summed E-state index contributed by atoms with van der Waals surface area (Å²) in [6, 6.07) is 17.3. The molecule has 2 unspecified atom stereocenters. The van der Waals surface area contributed by atoms with E-state index in [1.165, 1.54) is 0 Å². The largest absolute Gasteiger partial charge is 0.306 e. The van der Waals surface area contributed by atoms with Gasteiger partial charge >= 0.3 is 0 Å². The van der Waals surface area contributed by atoms with Crippen molar-refractivity contribution in [2.45, 2.75) is 25.8 Å². The van der Waals surface area contributed by atoms with Crippen LogP contribution in [0, 0.1) is 5.92 Å². The van der Waals surface area contributed by atoms with Gasteiger partial charge in [-0.2, -0.15) is 0 Å². The van der Waals surface area contributed by atoms with Gasteiger partial charge in [-0.3, -0.25) is 9.59 Å². The first-order valence-corrected chi connectivity index (χ1v) is 9.56. The third-order valence-electron chi connectivity index (χ3n) is 5.18. The molecule has 1 saturated heterocycles. The van der Waals surface area contributed by atoms with E-state index in [9.17, 15) is 9.59 Å². The highest BCUT2D eigenvalue weighted by molar-refractivity contribution is 6.30. The van der Waals surface area contributed by atoms with Gasteiger partial charge in [0.1, 0.15) is 0 Å². The van der Waals surface area contributed by atoms with Crippen molar-refractivity contribution in [2.24, 2.45) is 5.92 Å². The lowest BCUT2D eigenvalue weighted by Gasteiger charge is -2.30. The number of carbonyl (C=O) groups excluding carboxylic acids is 2. The molecule has 0 spiro atoms. The monoisotopic (exact) mass is 397 g/mol. The van der Waals surface area contributed by atoms with Gasteiger partial charge in [0, 0.05) is 22.8 Å². The summed E-state index contributed by atoms with van der Waals surface area (Å²) in [6.45, 7) is 4.42. The van der Waals surface area contributed by atoms with Crippen molar-refractivity contribution < 1.29 is 9.59 Å². The Bertz CT molecular complexity index is 898. The zero-order valence-electron chi connectivity index (χ0n) is 16.0. The summed E-state index contributed by atoms with van der Waals surface area (Å²) in [5.74, 6) is -0.943. The number of hydrogen-bond acceptors (Lipinski definition) is 5. The van der Waals surface area contributed by atoms with Crippen molar-refractivity contribution in [3.63, 3.8) is 0 Å². The number of hydrogen-bond donors (Lipinski definition) is 3. The van der Waals surface area contributed by atoms with E-state index in [1.807, 2.05) is 56.3 Å². The van der Waals surface area contributed by atoms with E-state index in [-0.39, 0.29) is 0 Å². The molecule has 1 aliphatic heterocycles. The number of ketones is 1. The minimum atomic E-state index is -0.534. The maximum absolute atomic E-state index is 12.5. The Morgan fingerprint density at radius 1 is 1.25 bits per heavy atom. The molecule has 1 heterocycles. The van der Waals surface area contributed by atoms with Crippen LogP contribution in [0.1, 0.15) is 19.4 Å². The Morgan fingerprint density at radius 2 is 2.00 bits per heavy atom. The molecule has 5 nitrogen and oxygen atoms in total. The molecule has 0 bridgehead atoms. The number of aldehydes is 1. The topological polar surface area (TPSA) is 70.2 Å². The van der Waals surface area contributed by atoms with E-state index in [4.69, 9.17) is 11.6 Å². The lowest BCUT2D eigenvalue weighted by atomic mass is 9.77. The molecule has 0 aromatic heterocycles. The molecule has 3 rings (SSSR count). The fraction of sp³-hybridized carbons (Fsp3) is 0.273. The predicted molar refractivity (Wildman–Crippen MR) is 112 cm³/mol. The van der Waals surface area contributed by atoms with Crippen molar-refractivity contribution in [3.05, 3.63) is 76.5 Å². The average molecular weight is 398 g/mol. The van der Waals surface area contributed by atoms with Gasteiger partial charge in [-0.15, -0.1) is 0 Å². The highest BCUT2D eigenvalue weighted by atomic mass is 35.5. The molecule has 0 amide bonds. The summed E-state index contributed by atoms with van der Waals surface area (Å²) in [5.41, 5.74) is 9.32. The number of halogens is 1. The third kappa shape index (κ3) is 4.43. The molecule has 146 valence electrons. The fourth-order valence-corrected chi connectivity index (χ4v) is 3.98. The minimum absolute atomic E-state index is 0.415. The first-order chi connectivity index (χ1) is 13.4. The zero-order chi connectivity index (χ0) is 20.1. The van der Waals surface area contributed by atoms with Crippen molar-refractivity contribution >= 4 is 29.4 Å². The highest BCUT2D eigenvalue weighted by Gasteiger charge is 2.46. The van der Waals surface area contributed by atoms with Gasteiger partial charge < -0.3 is 16.2 Å². The molecule has 2 aromatic carbocycles. The van der Waals surface area contributed by atoms with Crippen LogP contribution in [-0.2, 0) is 16.0 Å². The molecule has 1 fully saturated rings. The standard InChI is InChI=1S/C22H24ClN3O2/c1-15(25-26-18-10-6-9-17(23)11-18)19-13-24-22(2,21(19)20(28)14-27)12-16-7-4-3-5-8-16/h3-11,14,21,24-26H,12-13H2,1-2H3. The molecule has 0 radical (unpaired) electrons. The third-order valence-corrected chi connectivity index (χ3v) is 5.42. The van der Waals surface area contributed by atoms with Gasteiger partial charge in [-0.1, -0.05) is 48.0 Å². The molecule has 3 N–H and O–H groups in total. The first-order valence-electron chi connectivity index (χ1n) is 9.18. The lowest BCUT2D eigenvalue weighted by molar-refractivity contribution is -0.132. The Kier molecular flexibility index (Phi) is 6.17. The molecule has 28 heavy (non-hydrogen) atoms. The highest BCUT2D eigenvalue weighted by Crippen LogP contribution is 2.35. The van der Waals surface area contributed by atoms with Gasteiger partial charge in [-0.05, 0) is 49.6 Å². The molecule has 2 aromatic rings. The van der Waals surface area contributed by atoms with Crippen LogP contribution in [0.4, 0.5) is 5.69 Å². The van der Waals surface area contributed by atoms with Crippen molar-refractivity contribution in [2.75, 3.05) is 12.0 Å². The minimum Gasteiger partial charge on any atom is -0.306 e. The SMILES string of the molecule is CC(NNc1cccc(Cl)c1)=C1CNC(C)(Cc2ccccc2)C1C(=O)C=O. The summed E-state index contributed by atoms with van der Waals surface area (Å²) in [7, 11) is 0. The predicted octanol–water partition coefficient (Wildman–Crippen LogP) is 3.52. The van der Waals surface area contributed by atoms with Crippen LogP contribution in [0.25, 0.3) is 0 Å². The van der Waals surface area contributed by atoms with Crippen LogP contribution in [0.15, 0.2) is 65.9 Å². The van der Waals surface area contributed by atoms with Gasteiger partial charge in [0.2, 0.25) is 5.78 Å². The second kappa shape index (κ2) is 8.59. The maximum atomic E-state index is 12.5. The number of anilines is 1. The molecular weight excluding hydrogens is 374 g/mol. The molecule has 1 aliphatic rings. The first kappa shape index (κ1) is 20.1. The van der Waals surface area contributed by atoms with E-state index in [0.29, 0.717) is 24.3 Å². The number of allylic oxidation sites excluding steroid dienone is 1. The van der Waals surface area contributed by atoms with E-state index >= 15 is 0 Å². The summed E-state index contributed by atoms with van der Waals surface area (Å²) in [5, 5.41) is 4.09. The number of nitrogens with one attached hydrogen (secondary N) is 3. The van der Waals surface area contributed by atoms with Gasteiger partial charge in [0.15, 0.2) is 6.29 Å². The Balaban J connectivity index is 1.83. The number of benzene rings is 2. The van der Waals surface area contributed by atoms with E-state index in [2.05, 4.69) is 16.2 Å². The molecule has 6 heteroatoms. The lowest BCUT2D eigenvalue weighted by Crippen LogP contribution is -2.47. The Hall–Kier alpha value is -2.63. The number of carbonyl (C=O) groups is 2. The average Bonchev–Trinajstić information content (AvgIpc) is 3.03. The second-order valence-electron chi connectivity index (χ2n) is 7.30. The van der Waals surface area contributed by atoms with Crippen LogP contribution in [0.5, 0.6) is 0 Å². The summed E-state index contributed by atoms with van der Waals surface area (Å²) in [6.07, 6.45) is 1.08. The van der Waals surface area contributed by atoms with E-state index in [0.717, 1.165) is 22.5 Å². The van der Waals surface area contributed by atoms with Gasteiger partial charge in [-0.25, -0.2) is 0 Å². The molecular formula is C22H24ClN3O2. The van der Waals surface area contributed by atoms with Crippen molar-refractivity contribution in [1.29, 1.82) is 0 Å². The molecule has 2 atom stereocenters. The van der Waals surface area contributed by atoms with Crippen LogP contribution in [0.2, 0.25) is 5.02 Å². The Labute approximate surface area is 170 Å². The van der Waals surface area contributed by atoms with Gasteiger partial charge in [0.25, 0.3) is 0 Å². The summed E-state index contributed by atoms with van der Waals surface area (Å²) < 4.78 is 0. The zero-order valence-corrected chi connectivity index (χ0v) is 16.7. The smallest absolute Gasteiger partial charge is 0.204 e. The number of Topliss-reactive ketones (excluding diaryl/α,β-unsaturated/α-hetero) is 1. The van der Waals surface area contributed by atoms with E-state index < -0.39 is 17.2 Å². The van der Waals surface area contributed by atoms with Crippen molar-refractivity contribution in [3.8, 4) is 0 Å². The maximum Gasteiger partial charge on any atom is 0.204 e. The van der Waals surface area contributed by atoms with Crippen LogP contribution >= 0.6 is 11.6 Å². The van der Waals surface area contributed by atoms with Crippen LogP contribution < -0.4 is 16.2 Å². The fourth-order valence-electron chi connectivity index (χ4n) is 3.79. The quantitative estimate of drug-likeness (QED) is 0.379.